The van der Waals surface area contributed by atoms with Crippen molar-refractivity contribution >= 4 is 68.1 Å². The molecule has 2 aromatic carbocycles. The van der Waals surface area contributed by atoms with Gasteiger partial charge in [0.15, 0.2) is 5.82 Å². The molecule has 2 amide bonds. The molecule has 3 aromatic heterocycles. The fourth-order valence-electron chi connectivity index (χ4n) is 7.47. The number of likely N-dealkylation sites (tertiary alicyclic amines) is 1. The molecule has 3 saturated heterocycles. The van der Waals surface area contributed by atoms with E-state index in [1.165, 1.54) is 0 Å². The van der Waals surface area contributed by atoms with Gasteiger partial charge in [0.05, 0.1) is 45.3 Å². The summed E-state index contributed by atoms with van der Waals surface area (Å²) in [5, 5.41) is 15.1. The van der Waals surface area contributed by atoms with E-state index in [0.29, 0.717) is 59.1 Å². The van der Waals surface area contributed by atoms with Crippen molar-refractivity contribution < 1.29 is 14.3 Å². The van der Waals surface area contributed by atoms with Crippen molar-refractivity contribution in [3.63, 3.8) is 0 Å². The first-order chi connectivity index (χ1) is 25.3. The van der Waals surface area contributed by atoms with E-state index in [2.05, 4.69) is 31.2 Å². The minimum Gasteiger partial charge on any atom is -0.481 e. The average Bonchev–Trinajstić information content (AvgIpc) is 3.94. The number of hydrogen-bond donors (Lipinski definition) is 4. The smallest absolute Gasteiger partial charge is 0.220 e. The van der Waals surface area contributed by atoms with Crippen LogP contribution in [0, 0.1) is 0 Å². The van der Waals surface area contributed by atoms with Crippen LogP contribution in [0.4, 0.5) is 11.5 Å². The van der Waals surface area contributed by atoms with E-state index < -0.39 is 0 Å². The van der Waals surface area contributed by atoms with Gasteiger partial charge in [-0.2, -0.15) is 0 Å². The van der Waals surface area contributed by atoms with Crippen molar-refractivity contribution in [3.8, 4) is 28.3 Å². The minimum atomic E-state index is -0.0881. The topological polar surface area (TPSA) is 133 Å². The Kier molecular flexibility index (Phi) is 9.75. The first-order valence-electron chi connectivity index (χ1n) is 17.4. The number of nitrogens with one attached hydrogen (secondary N) is 4. The molecule has 4 N–H and O–H groups in total. The van der Waals surface area contributed by atoms with Crippen LogP contribution in [0.25, 0.3) is 32.6 Å². The van der Waals surface area contributed by atoms with Gasteiger partial charge in [0, 0.05) is 73.5 Å². The van der Waals surface area contributed by atoms with Crippen LogP contribution in [0.15, 0.2) is 60.8 Å². The maximum atomic E-state index is 11.9. The number of amides is 2. The van der Waals surface area contributed by atoms with Crippen LogP contribution in [0.1, 0.15) is 42.7 Å². The maximum absolute atomic E-state index is 11.9. The molecule has 11 nitrogen and oxygen atoms in total. The number of hydrogen-bond acceptors (Lipinski definition) is 10. The number of rotatable bonds is 11. The summed E-state index contributed by atoms with van der Waals surface area (Å²) in [7, 11) is 1.60. The zero-order chi connectivity index (χ0) is 35.8. The number of ether oxygens (including phenoxy) is 1. The Morgan fingerprint density at radius 1 is 0.981 bits per heavy atom. The lowest BCUT2D eigenvalue weighted by Gasteiger charge is -2.23. The summed E-state index contributed by atoms with van der Waals surface area (Å²) in [6, 6.07) is 17.6. The number of carbonyl (C=O) groups excluding carboxylic acids is 2. The van der Waals surface area contributed by atoms with Crippen LogP contribution in [0.3, 0.4) is 0 Å². The van der Waals surface area contributed by atoms with Gasteiger partial charge < -0.3 is 26.0 Å². The number of fused-ring (bicyclic) bond motifs is 1. The Morgan fingerprint density at radius 3 is 2.60 bits per heavy atom. The van der Waals surface area contributed by atoms with Crippen molar-refractivity contribution in [2.45, 2.75) is 56.8 Å². The number of halogens is 2. The molecule has 14 heteroatoms. The number of methoxy groups -OCH3 is 1. The lowest BCUT2D eigenvalue weighted by molar-refractivity contribution is -0.120. The SMILES string of the molecule is COc1nc(-c2cccc(-c3cccc(Nc4nccc5sc(CN6CCC7(CCC(=O)N7)C6)nc45)c3Cl)c2Cl)ccc1CNC[C@@H]1CCC(=O)N1. The first-order valence-corrected chi connectivity index (χ1v) is 19.0. The highest BCUT2D eigenvalue weighted by Crippen LogP contribution is 2.42. The van der Waals surface area contributed by atoms with Crippen LogP contribution in [-0.4, -0.2) is 70.0 Å². The molecule has 3 aliphatic rings. The summed E-state index contributed by atoms with van der Waals surface area (Å²) in [6.07, 6.45) is 5.67. The van der Waals surface area contributed by atoms with Crippen molar-refractivity contribution in [2.24, 2.45) is 0 Å². The van der Waals surface area contributed by atoms with Crippen LogP contribution >= 0.6 is 34.5 Å². The van der Waals surface area contributed by atoms with E-state index in [9.17, 15) is 9.59 Å². The number of thiazole rings is 1. The summed E-state index contributed by atoms with van der Waals surface area (Å²) in [6.45, 7) is 3.73. The Morgan fingerprint density at radius 2 is 1.81 bits per heavy atom. The third-order valence-corrected chi connectivity index (χ3v) is 11.9. The average molecular weight is 758 g/mol. The fourth-order valence-corrected chi connectivity index (χ4v) is 9.07. The number of aromatic nitrogens is 3. The van der Waals surface area contributed by atoms with E-state index in [0.717, 1.165) is 76.4 Å². The van der Waals surface area contributed by atoms with Gasteiger partial charge in [-0.15, -0.1) is 11.3 Å². The Labute approximate surface area is 315 Å². The fraction of sp³-hybridized carbons (Fsp3) is 0.342. The molecule has 3 aliphatic heterocycles. The van der Waals surface area contributed by atoms with Crippen molar-refractivity contribution in [1.29, 1.82) is 0 Å². The van der Waals surface area contributed by atoms with E-state index in [-0.39, 0.29) is 23.4 Å². The normalized spacial score (nSPS) is 20.2. The molecule has 0 radical (unpaired) electrons. The molecule has 2 atom stereocenters. The number of nitrogens with zero attached hydrogens (tertiary/aromatic N) is 4. The van der Waals surface area contributed by atoms with Crippen LogP contribution in [-0.2, 0) is 22.7 Å². The van der Waals surface area contributed by atoms with Crippen LogP contribution < -0.4 is 26.0 Å². The van der Waals surface area contributed by atoms with Crippen molar-refractivity contribution in [1.82, 2.24) is 35.8 Å². The van der Waals surface area contributed by atoms with E-state index in [4.69, 9.17) is 37.9 Å². The van der Waals surface area contributed by atoms with E-state index >= 15 is 0 Å². The molecule has 268 valence electrons. The molecule has 1 unspecified atom stereocenters. The van der Waals surface area contributed by atoms with Gasteiger partial charge in [-0.05, 0) is 37.5 Å². The summed E-state index contributed by atoms with van der Waals surface area (Å²) in [4.78, 5) is 40.2. The Bertz CT molecular complexity index is 2180. The van der Waals surface area contributed by atoms with E-state index in [1.54, 1.807) is 24.6 Å². The number of anilines is 2. The molecular formula is C38H38Cl2N8O3S. The lowest BCUT2D eigenvalue weighted by atomic mass is 9.97. The molecule has 0 aliphatic carbocycles. The van der Waals surface area contributed by atoms with Crippen molar-refractivity contribution in [2.75, 3.05) is 32.1 Å². The predicted molar refractivity (Wildman–Crippen MR) is 205 cm³/mol. The second-order valence-electron chi connectivity index (χ2n) is 13.7. The minimum absolute atomic E-state index is 0.0881. The molecule has 8 rings (SSSR count). The van der Waals surface area contributed by atoms with Gasteiger partial charge in [-0.25, -0.2) is 15.0 Å². The predicted octanol–water partition coefficient (Wildman–Crippen LogP) is 6.70. The van der Waals surface area contributed by atoms with Gasteiger partial charge in [0.25, 0.3) is 0 Å². The molecule has 0 saturated carbocycles. The van der Waals surface area contributed by atoms with Gasteiger partial charge in [0.1, 0.15) is 10.5 Å². The maximum Gasteiger partial charge on any atom is 0.220 e. The number of benzene rings is 2. The van der Waals surface area contributed by atoms with Crippen molar-refractivity contribution in [3.05, 3.63) is 81.4 Å². The molecule has 52 heavy (non-hydrogen) atoms. The molecular weight excluding hydrogens is 719 g/mol. The van der Waals surface area contributed by atoms with E-state index in [1.807, 2.05) is 54.6 Å². The van der Waals surface area contributed by atoms with Crippen LogP contribution in [0.2, 0.25) is 10.0 Å². The molecule has 6 heterocycles. The highest BCUT2D eigenvalue weighted by atomic mass is 35.5. The summed E-state index contributed by atoms with van der Waals surface area (Å²) >= 11 is 15.9. The second kappa shape index (κ2) is 14.6. The highest BCUT2D eigenvalue weighted by Gasteiger charge is 2.43. The third-order valence-electron chi connectivity index (χ3n) is 10.1. The Balaban J connectivity index is 0.999. The zero-order valence-electron chi connectivity index (χ0n) is 28.6. The Hall–Kier alpha value is -4.33. The highest BCUT2D eigenvalue weighted by molar-refractivity contribution is 7.18. The third kappa shape index (κ3) is 7.05. The zero-order valence-corrected chi connectivity index (χ0v) is 30.9. The lowest BCUT2D eigenvalue weighted by Crippen LogP contribution is -2.43. The van der Waals surface area contributed by atoms with Crippen LogP contribution in [0.5, 0.6) is 5.88 Å². The standard InChI is InChI=1S/C38H38Cl2N8O3S/c1-51-37-22(18-41-19-23-9-11-30(49)43-23)8-10-27(45-37)26-6-2-4-24(33(26)39)25-5-3-7-28(34(25)40)44-36-35-29(13-16-42-36)52-32(46-35)20-48-17-15-38(21-48)14-12-31(50)47-38/h2-8,10,13,16,23,41H,9,11-12,14-15,17-21H2,1H3,(H,42,44)(H,43,49)(H,47,50)/t23-,38?/m0/s1. The number of carbonyl (C=O) groups is 2. The summed E-state index contributed by atoms with van der Waals surface area (Å²) in [5.74, 6) is 1.38. The van der Waals surface area contributed by atoms with Gasteiger partial charge in [-0.3, -0.25) is 14.5 Å². The first kappa shape index (κ1) is 34.7. The molecule has 1 spiro atoms. The summed E-state index contributed by atoms with van der Waals surface area (Å²) < 4.78 is 6.69. The monoisotopic (exact) mass is 756 g/mol. The quantitative estimate of drug-likeness (QED) is 0.116. The number of pyridine rings is 2. The largest absolute Gasteiger partial charge is 0.481 e. The molecule has 0 bridgehead atoms. The summed E-state index contributed by atoms with van der Waals surface area (Å²) in [5.41, 5.74) is 5.24. The van der Waals surface area contributed by atoms with Gasteiger partial charge in [-0.1, -0.05) is 59.6 Å². The van der Waals surface area contributed by atoms with Gasteiger partial charge >= 0.3 is 0 Å². The molecule has 3 fully saturated rings. The second-order valence-corrected chi connectivity index (χ2v) is 15.5. The van der Waals surface area contributed by atoms with Gasteiger partial charge in [0.2, 0.25) is 17.7 Å². The molecule has 5 aromatic rings.